The quantitative estimate of drug-likeness (QED) is 0.314. The van der Waals surface area contributed by atoms with Crippen LogP contribution in [0.5, 0.6) is 5.75 Å². The van der Waals surface area contributed by atoms with Gasteiger partial charge in [0, 0.05) is 19.2 Å². The predicted octanol–water partition coefficient (Wildman–Crippen LogP) is 6.00. The van der Waals surface area contributed by atoms with Crippen molar-refractivity contribution in [1.29, 1.82) is 0 Å². The first-order valence-electron chi connectivity index (χ1n) is 9.24. The number of hydrogen-bond acceptors (Lipinski definition) is 3. The first-order valence-corrected chi connectivity index (χ1v) is 13.7. The normalized spacial score (nSPS) is 11.9. The molecule has 3 aromatic rings. The lowest BCUT2D eigenvalue weighted by atomic mass is 10.2. The van der Waals surface area contributed by atoms with E-state index in [0.29, 0.717) is 13.3 Å². The lowest BCUT2D eigenvalue weighted by molar-refractivity contribution is 0.0885. The predicted molar refractivity (Wildman–Crippen MR) is 117 cm³/mol. The van der Waals surface area contributed by atoms with Gasteiger partial charge in [-0.25, -0.2) is 4.98 Å². The fourth-order valence-corrected chi connectivity index (χ4v) is 4.00. The van der Waals surface area contributed by atoms with Gasteiger partial charge in [0.05, 0.1) is 5.52 Å². The number of hydrogen-bond donors (Lipinski definition) is 0. The molecule has 2 aromatic carbocycles. The Morgan fingerprint density at radius 3 is 2.56 bits per heavy atom. The zero-order valence-electron chi connectivity index (χ0n) is 16.5. The van der Waals surface area contributed by atoms with Gasteiger partial charge in [-0.15, -0.1) is 0 Å². The summed E-state index contributed by atoms with van der Waals surface area (Å²) in [5, 5.41) is 0. The Morgan fingerprint density at radius 1 is 1.11 bits per heavy atom. The molecule has 0 aliphatic rings. The van der Waals surface area contributed by atoms with Crippen LogP contribution in [0.25, 0.3) is 11.0 Å². The van der Waals surface area contributed by atoms with Crippen molar-refractivity contribution in [3.05, 3.63) is 58.3 Å². The second kappa shape index (κ2) is 8.58. The highest BCUT2D eigenvalue weighted by Gasteiger charge is 2.15. The molecule has 0 saturated heterocycles. The molecule has 27 heavy (non-hydrogen) atoms. The first-order chi connectivity index (χ1) is 12.8. The van der Waals surface area contributed by atoms with Gasteiger partial charge in [0.15, 0.2) is 0 Å². The van der Waals surface area contributed by atoms with E-state index in [1.54, 1.807) is 0 Å². The van der Waals surface area contributed by atoms with Crippen LogP contribution in [0, 0.1) is 6.92 Å². The van der Waals surface area contributed by atoms with Gasteiger partial charge in [0.2, 0.25) is 0 Å². The number of benzene rings is 2. The summed E-state index contributed by atoms with van der Waals surface area (Å²) >= 11 is 3.60. The average molecular weight is 447 g/mol. The highest BCUT2D eigenvalue weighted by molar-refractivity contribution is 9.10. The summed E-state index contributed by atoms with van der Waals surface area (Å²) in [5.41, 5.74) is 3.04. The van der Waals surface area contributed by atoms with Crippen molar-refractivity contribution in [3.8, 4) is 5.75 Å². The van der Waals surface area contributed by atoms with Gasteiger partial charge >= 0.3 is 0 Å². The molecule has 0 aliphatic heterocycles. The smallest absolute Gasteiger partial charge is 0.148 e. The van der Waals surface area contributed by atoms with Crippen molar-refractivity contribution in [2.24, 2.45) is 0 Å². The monoisotopic (exact) mass is 446 g/mol. The van der Waals surface area contributed by atoms with Crippen LogP contribution < -0.4 is 4.74 Å². The molecule has 1 aromatic heterocycles. The van der Waals surface area contributed by atoms with Gasteiger partial charge in [-0.3, -0.25) is 0 Å². The summed E-state index contributed by atoms with van der Waals surface area (Å²) in [6.07, 6.45) is 0. The van der Waals surface area contributed by atoms with Crippen LogP contribution in [0.1, 0.15) is 11.4 Å². The molecule has 0 radical (unpaired) electrons. The van der Waals surface area contributed by atoms with Crippen LogP contribution in [0.3, 0.4) is 0 Å². The topological polar surface area (TPSA) is 36.3 Å². The minimum Gasteiger partial charge on any atom is -0.487 e. The lowest BCUT2D eigenvalue weighted by Crippen LogP contribution is -2.22. The maximum Gasteiger partial charge on any atom is 0.148 e. The van der Waals surface area contributed by atoms with Crippen molar-refractivity contribution >= 4 is 35.0 Å². The standard InChI is InChI=1S/C21H27BrN2O2Si/c1-16-23-21-19(24(16)15-25-10-11-27(2,3)4)12-18(22)13-20(21)26-14-17-8-6-5-7-9-17/h5-9,12-13H,10-11,14-15H2,1-4H3. The van der Waals surface area contributed by atoms with E-state index in [4.69, 9.17) is 14.5 Å². The van der Waals surface area contributed by atoms with Crippen LogP contribution in [0.15, 0.2) is 46.9 Å². The van der Waals surface area contributed by atoms with Gasteiger partial charge in [0.25, 0.3) is 0 Å². The summed E-state index contributed by atoms with van der Waals surface area (Å²) in [5.74, 6) is 1.72. The lowest BCUT2D eigenvalue weighted by Gasteiger charge is -2.16. The third-order valence-electron chi connectivity index (χ3n) is 4.43. The van der Waals surface area contributed by atoms with Crippen molar-refractivity contribution < 1.29 is 9.47 Å². The summed E-state index contributed by atoms with van der Waals surface area (Å²) in [6, 6.07) is 15.4. The Balaban J connectivity index is 1.78. The van der Waals surface area contributed by atoms with Gasteiger partial charge in [-0.2, -0.15) is 0 Å². The number of fused-ring (bicyclic) bond motifs is 1. The number of ether oxygens (including phenoxy) is 2. The fraction of sp³-hybridized carbons (Fsp3) is 0.381. The second-order valence-electron chi connectivity index (χ2n) is 7.98. The van der Waals surface area contributed by atoms with E-state index >= 15 is 0 Å². The van der Waals surface area contributed by atoms with Gasteiger partial charge in [-0.05, 0) is 30.7 Å². The minimum atomic E-state index is -1.08. The van der Waals surface area contributed by atoms with Crippen molar-refractivity contribution in [1.82, 2.24) is 9.55 Å². The zero-order chi connectivity index (χ0) is 19.4. The third-order valence-corrected chi connectivity index (χ3v) is 6.59. The Kier molecular flexibility index (Phi) is 6.39. The minimum absolute atomic E-state index is 0.515. The van der Waals surface area contributed by atoms with Crippen LogP contribution in [-0.2, 0) is 18.1 Å². The summed E-state index contributed by atoms with van der Waals surface area (Å²) in [7, 11) is -1.08. The SMILES string of the molecule is Cc1nc2c(OCc3ccccc3)cc(Br)cc2n1COCC[Si](C)(C)C. The van der Waals surface area contributed by atoms with Crippen LogP contribution in [-0.4, -0.2) is 24.2 Å². The Morgan fingerprint density at radius 2 is 1.85 bits per heavy atom. The van der Waals surface area contributed by atoms with Crippen molar-refractivity contribution in [2.45, 2.75) is 45.9 Å². The molecule has 3 rings (SSSR count). The molecule has 144 valence electrons. The summed E-state index contributed by atoms with van der Waals surface area (Å²) in [6.45, 7) is 10.9. The van der Waals surface area contributed by atoms with E-state index in [-0.39, 0.29) is 0 Å². The molecular formula is C21H27BrN2O2Si. The van der Waals surface area contributed by atoms with E-state index < -0.39 is 8.07 Å². The molecule has 0 spiro atoms. The second-order valence-corrected chi connectivity index (χ2v) is 14.5. The molecule has 0 atom stereocenters. The van der Waals surface area contributed by atoms with Crippen LogP contribution >= 0.6 is 15.9 Å². The number of imidazole rings is 1. The first kappa shape index (κ1) is 20.1. The molecule has 6 heteroatoms. The summed E-state index contributed by atoms with van der Waals surface area (Å²) < 4.78 is 15.1. The number of rotatable bonds is 8. The number of aromatic nitrogens is 2. The van der Waals surface area contributed by atoms with Crippen LogP contribution in [0.2, 0.25) is 25.7 Å². The molecule has 0 saturated carbocycles. The largest absolute Gasteiger partial charge is 0.487 e. The number of nitrogens with zero attached hydrogens (tertiary/aromatic N) is 2. The average Bonchev–Trinajstić information content (AvgIpc) is 2.92. The molecule has 0 unspecified atom stereocenters. The van der Waals surface area contributed by atoms with E-state index in [9.17, 15) is 0 Å². The third kappa shape index (κ3) is 5.43. The molecule has 0 aliphatic carbocycles. The number of aryl methyl sites for hydroxylation is 1. The Labute approximate surface area is 170 Å². The van der Waals surface area contributed by atoms with Gasteiger partial charge in [-0.1, -0.05) is 65.9 Å². The van der Waals surface area contributed by atoms with E-state index in [2.05, 4.69) is 58.3 Å². The van der Waals surface area contributed by atoms with E-state index in [1.165, 1.54) is 0 Å². The molecule has 0 amide bonds. The van der Waals surface area contributed by atoms with Crippen molar-refractivity contribution in [3.63, 3.8) is 0 Å². The Bertz CT molecular complexity index is 904. The summed E-state index contributed by atoms with van der Waals surface area (Å²) in [4.78, 5) is 4.74. The maximum absolute atomic E-state index is 6.08. The maximum atomic E-state index is 6.08. The number of halogens is 1. The van der Waals surface area contributed by atoms with Crippen LogP contribution in [0.4, 0.5) is 0 Å². The van der Waals surface area contributed by atoms with Gasteiger partial charge < -0.3 is 14.0 Å². The van der Waals surface area contributed by atoms with E-state index in [1.807, 2.05) is 31.2 Å². The molecular weight excluding hydrogens is 420 g/mol. The molecule has 4 nitrogen and oxygen atoms in total. The zero-order valence-corrected chi connectivity index (χ0v) is 19.0. The molecule has 1 heterocycles. The molecule has 0 N–H and O–H groups in total. The fourth-order valence-electron chi connectivity index (χ4n) is 2.82. The van der Waals surface area contributed by atoms with E-state index in [0.717, 1.165) is 45.3 Å². The Hall–Kier alpha value is -1.63. The molecule has 0 bridgehead atoms. The molecule has 0 fully saturated rings. The highest BCUT2D eigenvalue weighted by atomic mass is 79.9. The van der Waals surface area contributed by atoms with Gasteiger partial charge in [0.1, 0.15) is 30.4 Å². The van der Waals surface area contributed by atoms with Crippen molar-refractivity contribution in [2.75, 3.05) is 6.61 Å². The highest BCUT2D eigenvalue weighted by Crippen LogP contribution is 2.31.